The number of phenols is 1. The van der Waals surface area contributed by atoms with Crippen molar-refractivity contribution in [3.8, 4) is 5.75 Å². The number of aromatic hydroxyl groups is 1. The van der Waals surface area contributed by atoms with Gasteiger partial charge < -0.3 is 10.2 Å². The lowest BCUT2D eigenvalue weighted by Gasteiger charge is -2.03. The van der Waals surface area contributed by atoms with Crippen molar-refractivity contribution in [2.45, 2.75) is 30.6 Å². The normalized spacial score (nSPS) is 10.5. The van der Waals surface area contributed by atoms with E-state index in [1.807, 2.05) is 18.2 Å². The Hall–Kier alpha value is -0.670. The van der Waals surface area contributed by atoms with Crippen LogP contribution >= 0.6 is 11.8 Å². The number of hydrogen-bond donors (Lipinski definition) is 2. The molecule has 0 aliphatic heterocycles. The van der Waals surface area contributed by atoms with E-state index in [2.05, 4.69) is 0 Å². The lowest BCUT2D eigenvalue weighted by Crippen LogP contribution is -1.85. The summed E-state index contributed by atoms with van der Waals surface area (Å²) < 4.78 is 0. The van der Waals surface area contributed by atoms with Crippen molar-refractivity contribution in [2.75, 3.05) is 12.4 Å². The van der Waals surface area contributed by atoms with Gasteiger partial charge in [-0.2, -0.15) is 0 Å². The number of benzene rings is 1. The summed E-state index contributed by atoms with van der Waals surface area (Å²) in [5, 5.41) is 18.1. The Balaban J connectivity index is 2.12. The van der Waals surface area contributed by atoms with Gasteiger partial charge in [0.05, 0.1) is 0 Å². The third-order valence-corrected chi connectivity index (χ3v) is 3.32. The molecule has 0 aliphatic carbocycles. The molecule has 1 aromatic carbocycles. The van der Waals surface area contributed by atoms with Crippen LogP contribution < -0.4 is 0 Å². The Morgan fingerprint density at radius 3 is 2.47 bits per heavy atom. The first kappa shape index (κ1) is 12.4. The van der Waals surface area contributed by atoms with Gasteiger partial charge in [-0.25, -0.2) is 0 Å². The molecule has 0 heterocycles. The topological polar surface area (TPSA) is 40.5 Å². The van der Waals surface area contributed by atoms with Crippen molar-refractivity contribution in [3.05, 3.63) is 24.3 Å². The fourth-order valence-corrected chi connectivity index (χ4v) is 2.29. The number of para-hydroxylation sites is 1. The van der Waals surface area contributed by atoms with Crippen LogP contribution in [0.3, 0.4) is 0 Å². The monoisotopic (exact) mass is 226 g/mol. The van der Waals surface area contributed by atoms with E-state index in [4.69, 9.17) is 5.11 Å². The van der Waals surface area contributed by atoms with Gasteiger partial charge in [-0.3, -0.25) is 0 Å². The van der Waals surface area contributed by atoms with Gasteiger partial charge in [-0.1, -0.05) is 25.0 Å². The van der Waals surface area contributed by atoms with E-state index in [0.29, 0.717) is 12.4 Å². The van der Waals surface area contributed by atoms with Crippen molar-refractivity contribution >= 4 is 11.8 Å². The minimum Gasteiger partial charge on any atom is -0.507 e. The summed E-state index contributed by atoms with van der Waals surface area (Å²) >= 11 is 1.69. The highest BCUT2D eigenvalue weighted by atomic mass is 32.2. The molecule has 2 nitrogen and oxygen atoms in total. The standard InChI is InChI=1S/C12H18O2S/c13-9-5-1-2-6-10-15-12-8-4-3-7-11(12)14/h3-4,7-8,13-14H,1-2,5-6,9-10H2. The molecule has 0 bridgehead atoms. The van der Waals surface area contributed by atoms with Crippen molar-refractivity contribution < 1.29 is 10.2 Å². The number of aliphatic hydroxyl groups is 1. The highest BCUT2D eigenvalue weighted by Crippen LogP contribution is 2.28. The zero-order valence-electron chi connectivity index (χ0n) is 8.85. The van der Waals surface area contributed by atoms with Crippen molar-refractivity contribution in [3.63, 3.8) is 0 Å². The van der Waals surface area contributed by atoms with Crippen LogP contribution in [0, 0.1) is 0 Å². The van der Waals surface area contributed by atoms with E-state index >= 15 is 0 Å². The highest BCUT2D eigenvalue weighted by Gasteiger charge is 1.99. The predicted octanol–water partition coefficient (Wildman–Crippen LogP) is 3.04. The van der Waals surface area contributed by atoms with E-state index in [1.165, 1.54) is 0 Å². The summed E-state index contributed by atoms with van der Waals surface area (Å²) in [5.74, 6) is 1.40. The molecule has 0 saturated heterocycles. The van der Waals surface area contributed by atoms with E-state index in [-0.39, 0.29) is 0 Å². The smallest absolute Gasteiger partial charge is 0.129 e. The van der Waals surface area contributed by atoms with E-state index in [9.17, 15) is 5.11 Å². The number of phenolic OH excluding ortho intramolecular Hbond substituents is 1. The van der Waals surface area contributed by atoms with Gasteiger partial charge in [0, 0.05) is 11.5 Å². The van der Waals surface area contributed by atoms with Crippen molar-refractivity contribution in [2.24, 2.45) is 0 Å². The summed E-state index contributed by atoms with van der Waals surface area (Å²) in [5.41, 5.74) is 0. The lowest BCUT2D eigenvalue weighted by molar-refractivity contribution is 0.283. The third kappa shape index (κ3) is 5.09. The van der Waals surface area contributed by atoms with Crippen LogP contribution in [0.2, 0.25) is 0 Å². The molecule has 0 fully saturated rings. The van der Waals surface area contributed by atoms with Crippen molar-refractivity contribution in [1.29, 1.82) is 0 Å². The Morgan fingerprint density at radius 2 is 1.73 bits per heavy atom. The number of aliphatic hydroxyl groups excluding tert-OH is 1. The summed E-state index contributed by atoms with van der Waals surface area (Å²) in [6.07, 6.45) is 4.29. The molecule has 15 heavy (non-hydrogen) atoms. The second-order valence-corrected chi connectivity index (χ2v) is 4.59. The van der Waals surface area contributed by atoms with Gasteiger partial charge >= 0.3 is 0 Å². The average Bonchev–Trinajstić information content (AvgIpc) is 2.25. The van der Waals surface area contributed by atoms with Crippen LogP contribution in [0.4, 0.5) is 0 Å². The van der Waals surface area contributed by atoms with Gasteiger partial charge in [0.15, 0.2) is 0 Å². The molecule has 0 aromatic heterocycles. The molecular weight excluding hydrogens is 208 g/mol. The second kappa shape index (κ2) is 7.60. The first-order valence-electron chi connectivity index (χ1n) is 5.36. The fourth-order valence-electron chi connectivity index (χ4n) is 1.33. The average molecular weight is 226 g/mol. The first-order chi connectivity index (χ1) is 7.34. The number of rotatable bonds is 7. The summed E-state index contributed by atoms with van der Waals surface area (Å²) in [6.45, 7) is 0.298. The molecule has 0 atom stereocenters. The maximum Gasteiger partial charge on any atom is 0.129 e. The molecule has 2 N–H and O–H groups in total. The van der Waals surface area contributed by atoms with Gasteiger partial charge in [0.2, 0.25) is 0 Å². The van der Waals surface area contributed by atoms with Gasteiger partial charge in [0.1, 0.15) is 5.75 Å². The van der Waals surface area contributed by atoms with Gasteiger partial charge in [0.25, 0.3) is 0 Å². The maximum absolute atomic E-state index is 9.50. The van der Waals surface area contributed by atoms with Crippen LogP contribution in [0.5, 0.6) is 5.75 Å². The van der Waals surface area contributed by atoms with Crippen LogP contribution in [0.15, 0.2) is 29.2 Å². The van der Waals surface area contributed by atoms with Crippen LogP contribution in [-0.4, -0.2) is 22.6 Å². The van der Waals surface area contributed by atoms with Crippen LogP contribution in [-0.2, 0) is 0 Å². The molecular formula is C12H18O2S. The molecule has 1 rings (SSSR count). The first-order valence-corrected chi connectivity index (χ1v) is 6.35. The largest absolute Gasteiger partial charge is 0.507 e. The third-order valence-electron chi connectivity index (χ3n) is 2.18. The maximum atomic E-state index is 9.50. The second-order valence-electron chi connectivity index (χ2n) is 3.45. The quantitative estimate of drug-likeness (QED) is 0.554. The molecule has 0 amide bonds. The highest BCUT2D eigenvalue weighted by molar-refractivity contribution is 7.99. The molecule has 0 aliphatic rings. The van der Waals surface area contributed by atoms with Crippen LogP contribution in [0.25, 0.3) is 0 Å². The van der Waals surface area contributed by atoms with E-state index in [1.54, 1.807) is 17.8 Å². The van der Waals surface area contributed by atoms with E-state index < -0.39 is 0 Å². The molecule has 3 heteroatoms. The number of thioether (sulfide) groups is 1. The minimum atomic E-state index is 0.298. The molecule has 84 valence electrons. The van der Waals surface area contributed by atoms with Crippen molar-refractivity contribution in [1.82, 2.24) is 0 Å². The molecule has 0 radical (unpaired) electrons. The zero-order valence-corrected chi connectivity index (χ0v) is 9.67. The predicted molar refractivity (Wildman–Crippen MR) is 64.4 cm³/mol. The molecule has 0 unspecified atom stereocenters. The van der Waals surface area contributed by atoms with E-state index in [0.717, 1.165) is 36.3 Å². The summed E-state index contributed by atoms with van der Waals surface area (Å²) in [4.78, 5) is 0.958. The van der Waals surface area contributed by atoms with Gasteiger partial charge in [-0.05, 0) is 30.7 Å². The lowest BCUT2D eigenvalue weighted by atomic mass is 10.2. The zero-order chi connectivity index (χ0) is 10.9. The molecule has 1 aromatic rings. The molecule has 0 spiro atoms. The SMILES string of the molecule is OCCCCCCSc1ccccc1O. The number of unbranched alkanes of at least 4 members (excludes halogenated alkanes) is 3. The Morgan fingerprint density at radius 1 is 1.00 bits per heavy atom. The number of hydrogen-bond acceptors (Lipinski definition) is 3. The Bertz CT molecular complexity index is 276. The Labute approximate surface area is 95.3 Å². The summed E-state index contributed by atoms with van der Waals surface area (Å²) in [6, 6.07) is 7.43. The Kier molecular flexibility index (Phi) is 6.28. The minimum absolute atomic E-state index is 0.298. The molecule has 0 saturated carbocycles. The van der Waals surface area contributed by atoms with Crippen LogP contribution in [0.1, 0.15) is 25.7 Å². The fraction of sp³-hybridized carbons (Fsp3) is 0.500. The summed E-state index contributed by atoms with van der Waals surface area (Å²) in [7, 11) is 0. The van der Waals surface area contributed by atoms with Gasteiger partial charge in [-0.15, -0.1) is 11.8 Å².